The number of nitrogens with zero attached hydrogens (tertiary/aromatic N) is 2. The largest absolute Gasteiger partial charge is 0.475 e. The number of nitrogens with one attached hydrogen (secondary N) is 2. The zero-order chi connectivity index (χ0) is 20.5. The summed E-state index contributed by atoms with van der Waals surface area (Å²) < 4.78 is 0. The molecule has 0 saturated heterocycles. The molecule has 1 heterocycles. The minimum absolute atomic E-state index is 0. The standard InChI is InChI=1S/C19H25BN4O4.H2O/c1-13(2)10-17(20(27)28)24-18(25)15(11-14-6-4-3-5-7-14)23-19(26)16-12-21-8-9-22-16;/h3-9,12-13,15,17,27-28H,10-11H2,1-2H3,(H,23,26)(H,24,25);1H2/t15-,17+;/m0./s1. The van der Waals surface area contributed by atoms with Gasteiger partial charge in [-0.3, -0.25) is 14.6 Å². The minimum atomic E-state index is -1.69. The molecule has 156 valence electrons. The Morgan fingerprint density at radius 2 is 1.79 bits per heavy atom. The van der Waals surface area contributed by atoms with Gasteiger partial charge in [0.05, 0.1) is 12.1 Å². The van der Waals surface area contributed by atoms with Crippen LogP contribution in [0.2, 0.25) is 0 Å². The van der Waals surface area contributed by atoms with Gasteiger partial charge in [0.2, 0.25) is 5.91 Å². The van der Waals surface area contributed by atoms with Crippen molar-refractivity contribution in [1.29, 1.82) is 0 Å². The molecule has 0 aliphatic rings. The number of aromatic nitrogens is 2. The van der Waals surface area contributed by atoms with E-state index < -0.39 is 30.9 Å². The molecule has 2 atom stereocenters. The molecule has 2 aromatic rings. The smallest absolute Gasteiger partial charge is 0.426 e. The van der Waals surface area contributed by atoms with E-state index in [1.54, 1.807) is 0 Å². The Kier molecular flexibility index (Phi) is 9.94. The van der Waals surface area contributed by atoms with Gasteiger partial charge in [0, 0.05) is 18.8 Å². The molecular weight excluding hydrogens is 375 g/mol. The summed E-state index contributed by atoms with van der Waals surface area (Å²) in [5, 5.41) is 24.5. The van der Waals surface area contributed by atoms with Crippen molar-refractivity contribution in [3.8, 4) is 0 Å². The number of amides is 2. The van der Waals surface area contributed by atoms with Gasteiger partial charge in [-0.05, 0) is 17.9 Å². The number of carbonyl (C=O) groups excluding carboxylic acids is 2. The Hall–Kier alpha value is -2.82. The van der Waals surface area contributed by atoms with Crippen LogP contribution < -0.4 is 10.6 Å². The molecule has 0 aliphatic heterocycles. The van der Waals surface area contributed by atoms with Crippen LogP contribution in [0.5, 0.6) is 0 Å². The predicted molar refractivity (Wildman–Crippen MR) is 109 cm³/mol. The molecule has 1 aromatic heterocycles. The molecule has 9 nitrogen and oxygen atoms in total. The highest BCUT2D eigenvalue weighted by atomic mass is 16.4. The number of benzene rings is 1. The Morgan fingerprint density at radius 3 is 2.34 bits per heavy atom. The second-order valence-electron chi connectivity index (χ2n) is 6.96. The van der Waals surface area contributed by atoms with E-state index in [0.717, 1.165) is 5.56 Å². The fourth-order valence-corrected chi connectivity index (χ4v) is 2.75. The average molecular weight is 402 g/mol. The van der Waals surface area contributed by atoms with E-state index in [1.807, 2.05) is 44.2 Å². The van der Waals surface area contributed by atoms with E-state index in [-0.39, 0.29) is 23.5 Å². The molecule has 0 unspecified atom stereocenters. The lowest BCUT2D eigenvalue weighted by Gasteiger charge is -2.24. The van der Waals surface area contributed by atoms with Gasteiger partial charge in [-0.25, -0.2) is 4.98 Å². The lowest BCUT2D eigenvalue weighted by molar-refractivity contribution is -0.123. The van der Waals surface area contributed by atoms with Crippen LogP contribution in [0.4, 0.5) is 0 Å². The van der Waals surface area contributed by atoms with Gasteiger partial charge in [-0.1, -0.05) is 44.2 Å². The van der Waals surface area contributed by atoms with Crippen LogP contribution in [-0.4, -0.2) is 56.4 Å². The first kappa shape index (κ1) is 24.2. The molecule has 0 bridgehead atoms. The highest BCUT2D eigenvalue weighted by Crippen LogP contribution is 2.09. The van der Waals surface area contributed by atoms with Gasteiger partial charge in [0.15, 0.2) is 0 Å². The molecule has 6 N–H and O–H groups in total. The maximum absolute atomic E-state index is 12.8. The number of hydrogen-bond acceptors (Lipinski definition) is 6. The molecule has 2 amide bonds. The van der Waals surface area contributed by atoms with Crippen molar-refractivity contribution in [1.82, 2.24) is 20.6 Å². The van der Waals surface area contributed by atoms with E-state index in [9.17, 15) is 19.6 Å². The molecule has 0 spiro atoms. The first-order chi connectivity index (χ1) is 13.4. The number of carbonyl (C=O) groups is 2. The summed E-state index contributed by atoms with van der Waals surface area (Å²) in [6.07, 6.45) is 4.78. The summed E-state index contributed by atoms with van der Waals surface area (Å²) in [5.41, 5.74) is 0.946. The first-order valence-corrected chi connectivity index (χ1v) is 9.14. The van der Waals surface area contributed by atoms with Gasteiger partial charge in [0.25, 0.3) is 5.91 Å². The van der Waals surface area contributed by atoms with Crippen LogP contribution in [-0.2, 0) is 11.2 Å². The molecular formula is C19H27BN4O5. The van der Waals surface area contributed by atoms with Crippen molar-refractivity contribution in [2.45, 2.75) is 38.7 Å². The fraction of sp³-hybridized carbons (Fsp3) is 0.368. The van der Waals surface area contributed by atoms with Gasteiger partial charge in [-0.15, -0.1) is 0 Å². The summed E-state index contributed by atoms with van der Waals surface area (Å²) in [4.78, 5) is 33.1. The van der Waals surface area contributed by atoms with Crippen LogP contribution in [0, 0.1) is 5.92 Å². The van der Waals surface area contributed by atoms with Crippen molar-refractivity contribution in [3.05, 3.63) is 60.2 Å². The lowest BCUT2D eigenvalue weighted by Crippen LogP contribution is -2.55. The van der Waals surface area contributed by atoms with E-state index in [1.165, 1.54) is 18.6 Å². The summed E-state index contributed by atoms with van der Waals surface area (Å²) >= 11 is 0. The molecule has 0 aliphatic carbocycles. The SMILES string of the molecule is CC(C)C[C@@H](NC(=O)[C@H](Cc1ccccc1)NC(=O)c1cnccn1)B(O)O.O. The topological polar surface area (TPSA) is 156 Å². The van der Waals surface area contributed by atoms with Crippen molar-refractivity contribution in [3.63, 3.8) is 0 Å². The van der Waals surface area contributed by atoms with E-state index >= 15 is 0 Å². The summed E-state index contributed by atoms with van der Waals surface area (Å²) in [7, 11) is -1.69. The Bertz CT molecular complexity index is 762. The summed E-state index contributed by atoms with van der Waals surface area (Å²) in [6.45, 7) is 3.83. The van der Waals surface area contributed by atoms with Crippen LogP contribution in [0.1, 0.15) is 36.3 Å². The van der Waals surface area contributed by atoms with E-state index in [2.05, 4.69) is 20.6 Å². The Morgan fingerprint density at radius 1 is 1.10 bits per heavy atom. The fourth-order valence-electron chi connectivity index (χ4n) is 2.75. The van der Waals surface area contributed by atoms with Gasteiger partial charge in [0.1, 0.15) is 11.7 Å². The molecule has 0 saturated carbocycles. The van der Waals surface area contributed by atoms with Crippen LogP contribution >= 0.6 is 0 Å². The molecule has 10 heteroatoms. The second kappa shape index (κ2) is 11.9. The van der Waals surface area contributed by atoms with Crippen molar-refractivity contribution in [2.24, 2.45) is 5.92 Å². The molecule has 1 aromatic carbocycles. The molecule has 29 heavy (non-hydrogen) atoms. The normalized spacial score (nSPS) is 12.4. The van der Waals surface area contributed by atoms with Gasteiger partial charge < -0.3 is 26.2 Å². The average Bonchev–Trinajstić information content (AvgIpc) is 2.68. The first-order valence-electron chi connectivity index (χ1n) is 9.14. The number of hydrogen-bond donors (Lipinski definition) is 4. The van der Waals surface area contributed by atoms with Crippen LogP contribution in [0.3, 0.4) is 0 Å². The van der Waals surface area contributed by atoms with Gasteiger partial charge >= 0.3 is 7.12 Å². The monoisotopic (exact) mass is 402 g/mol. The molecule has 2 rings (SSSR count). The molecule has 0 radical (unpaired) electrons. The van der Waals surface area contributed by atoms with E-state index in [4.69, 9.17) is 0 Å². The minimum Gasteiger partial charge on any atom is -0.426 e. The van der Waals surface area contributed by atoms with Crippen molar-refractivity contribution < 1.29 is 25.1 Å². The Labute approximate surface area is 170 Å². The van der Waals surface area contributed by atoms with Gasteiger partial charge in [-0.2, -0.15) is 0 Å². The highest BCUT2D eigenvalue weighted by molar-refractivity contribution is 6.43. The summed E-state index contributed by atoms with van der Waals surface area (Å²) in [6, 6.07) is 8.33. The van der Waals surface area contributed by atoms with Crippen LogP contribution in [0.15, 0.2) is 48.9 Å². The van der Waals surface area contributed by atoms with Crippen molar-refractivity contribution >= 4 is 18.9 Å². The highest BCUT2D eigenvalue weighted by Gasteiger charge is 2.30. The lowest BCUT2D eigenvalue weighted by atomic mass is 9.75. The van der Waals surface area contributed by atoms with E-state index in [0.29, 0.717) is 6.42 Å². The quantitative estimate of drug-likeness (QED) is 0.416. The third-order valence-corrected chi connectivity index (χ3v) is 4.11. The predicted octanol–water partition coefficient (Wildman–Crippen LogP) is -0.464. The summed E-state index contributed by atoms with van der Waals surface area (Å²) in [5.74, 6) is -1.72. The zero-order valence-electron chi connectivity index (χ0n) is 16.4. The molecule has 0 fully saturated rings. The Balaban J connectivity index is 0.00000420. The zero-order valence-corrected chi connectivity index (χ0v) is 16.4. The third kappa shape index (κ3) is 7.98. The maximum atomic E-state index is 12.8. The van der Waals surface area contributed by atoms with Crippen LogP contribution in [0.25, 0.3) is 0 Å². The van der Waals surface area contributed by atoms with Crippen molar-refractivity contribution in [2.75, 3.05) is 0 Å². The second-order valence-corrected chi connectivity index (χ2v) is 6.96. The maximum Gasteiger partial charge on any atom is 0.475 e. The third-order valence-electron chi connectivity index (χ3n) is 4.11. The number of rotatable bonds is 9.